The van der Waals surface area contributed by atoms with Crippen LogP contribution in [0.5, 0.6) is 0 Å². The fraction of sp³-hybridized carbons (Fsp3) is 0.333. The molecule has 0 rings (SSSR count). The Bertz CT molecular complexity index is 102. The molecule has 0 aliphatic heterocycles. The SMILES string of the molecule is C=CC(O)SSC(O)C=C. The number of aliphatic hydroxyl groups excluding tert-OH is 2. The van der Waals surface area contributed by atoms with Crippen molar-refractivity contribution in [3.05, 3.63) is 25.3 Å². The van der Waals surface area contributed by atoms with Crippen molar-refractivity contribution in [2.75, 3.05) is 0 Å². The lowest BCUT2D eigenvalue weighted by atomic mass is 10.7. The molecule has 10 heavy (non-hydrogen) atoms. The van der Waals surface area contributed by atoms with Crippen molar-refractivity contribution in [2.24, 2.45) is 0 Å². The summed E-state index contributed by atoms with van der Waals surface area (Å²) < 4.78 is 0. The topological polar surface area (TPSA) is 40.5 Å². The lowest BCUT2D eigenvalue weighted by molar-refractivity contribution is 0.307. The molecule has 0 saturated heterocycles. The van der Waals surface area contributed by atoms with E-state index in [-0.39, 0.29) is 0 Å². The molecule has 0 bridgehead atoms. The normalized spacial score (nSPS) is 15.8. The minimum atomic E-state index is -0.625. The Labute approximate surface area is 68.4 Å². The van der Waals surface area contributed by atoms with Gasteiger partial charge in [0, 0.05) is 0 Å². The second-order valence-electron chi connectivity index (χ2n) is 1.44. The summed E-state index contributed by atoms with van der Waals surface area (Å²) in [6, 6.07) is 0. The highest BCUT2D eigenvalue weighted by Gasteiger charge is 2.02. The van der Waals surface area contributed by atoms with Crippen LogP contribution in [0.15, 0.2) is 25.3 Å². The maximum atomic E-state index is 8.88. The molecule has 2 nitrogen and oxygen atoms in total. The third kappa shape index (κ3) is 4.93. The zero-order valence-electron chi connectivity index (χ0n) is 5.43. The fourth-order valence-electron chi connectivity index (χ4n) is 0.192. The lowest BCUT2D eigenvalue weighted by Gasteiger charge is -2.05. The average Bonchev–Trinajstić information content (AvgIpc) is 1.99. The van der Waals surface area contributed by atoms with Gasteiger partial charge in [0.2, 0.25) is 0 Å². The standard InChI is InChI=1S/C6H10O2S2/c1-3-5(7)9-10-6(8)4-2/h3-8H,1-2H2. The van der Waals surface area contributed by atoms with E-state index in [1.807, 2.05) is 0 Å². The van der Waals surface area contributed by atoms with Crippen LogP contribution in [0.1, 0.15) is 0 Å². The second-order valence-corrected chi connectivity index (χ2v) is 3.95. The van der Waals surface area contributed by atoms with E-state index in [4.69, 9.17) is 10.2 Å². The van der Waals surface area contributed by atoms with Gasteiger partial charge in [-0.15, -0.1) is 0 Å². The van der Waals surface area contributed by atoms with Gasteiger partial charge in [0.1, 0.15) is 10.9 Å². The summed E-state index contributed by atoms with van der Waals surface area (Å²) in [6.07, 6.45) is 2.79. The molecule has 0 fully saturated rings. The first-order valence-electron chi connectivity index (χ1n) is 2.64. The zero-order chi connectivity index (χ0) is 7.98. The van der Waals surface area contributed by atoms with Crippen molar-refractivity contribution in [3.63, 3.8) is 0 Å². The minimum Gasteiger partial charge on any atom is -0.378 e. The van der Waals surface area contributed by atoms with Crippen molar-refractivity contribution in [3.8, 4) is 0 Å². The van der Waals surface area contributed by atoms with Gasteiger partial charge in [0.15, 0.2) is 0 Å². The summed E-state index contributed by atoms with van der Waals surface area (Å²) in [6.45, 7) is 6.75. The number of rotatable bonds is 5. The van der Waals surface area contributed by atoms with Crippen LogP contribution in [0.25, 0.3) is 0 Å². The van der Waals surface area contributed by atoms with Crippen LogP contribution in [0.3, 0.4) is 0 Å². The molecule has 0 aliphatic carbocycles. The van der Waals surface area contributed by atoms with E-state index in [2.05, 4.69) is 13.2 Å². The van der Waals surface area contributed by atoms with Gasteiger partial charge in [0.25, 0.3) is 0 Å². The molecule has 58 valence electrons. The van der Waals surface area contributed by atoms with Crippen molar-refractivity contribution in [2.45, 2.75) is 10.9 Å². The molecule has 0 spiro atoms. The van der Waals surface area contributed by atoms with Crippen LogP contribution in [-0.2, 0) is 0 Å². The summed E-state index contributed by atoms with van der Waals surface area (Å²) in [7, 11) is 2.28. The van der Waals surface area contributed by atoms with E-state index >= 15 is 0 Å². The summed E-state index contributed by atoms with van der Waals surface area (Å²) in [5.74, 6) is 0. The van der Waals surface area contributed by atoms with Gasteiger partial charge >= 0.3 is 0 Å². The Balaban J connectivity index is 3.34. The maximum Gasteiger partial charge on any atom is 0.128 e. The van der Waals surface area contributed by atoms with Gasteiger partial charge in [-0.05, 0) is 0 Å². The predicted molar refractivity (Wildman–Crippen MR) is 47.6 cm³/mol. The van der Waals surface area contributed by atoms with Crippen molar-refractivity contribution in [1.29, 1.82) is 0 Å². The van der Waals surface area contributed by atoms with E-state index in [1.165, 1.54) is 12.2 Å². The summed E-state index contributed by atoms with van der Waals surface area (Å²) >= 11 is 0. The van der Waals surface area contributed by atoms with E-state index in [0.717, 1.165) is 21.6 Å². The molecule has 2 N–H and O–H groups in total. The van der Waals surface area contributed by atoms with Gasteiger partial charge in [-0.25, -0.2) is 0 Å². The summed E-state index contributed by atoms with van der Waals surface area (Å²) in [5, 5.41) is 17.8. The first kappa shape index (κ1) is 10.1. The molecule has 0 aliphatic rings. The molecule has 0 aromatic rings. The van der Waals surface area contributed by atoms with Crippen molar-refractivity contribution < 1.29 is 10.2 Å². The fourth-order valence-corrected chi connectivity index (χ4v) is 1.73. The second kappa shape index (κ2) is 5.85. The first-order chi connectivity index (χ1) is 4.70. The van der Waals surface area contributed by atoms with Crippen molar-refractivity contribution in [1.82, 2.24) is 0 Å². The largest absolute Gasteiger partial charge is 0.378 e. The quantitative estimate of drug-likeness (QED) is 0.379. The molecule has 0 heterocycles. The predicted octanol–water partition coefficient (Wildman–Crippen LogP) is 1.38. The third-order valence-electron chi connectivity index (χ3n) is 0.656. The molecular formula is C6H10O2S2. The number of hydrogen-bond acceptors (Lipinski definition) is 4. The highest BCUT2D eigenvalue weighted by Crippen LogP contribution is 2.29. The minimum absolute atomic E-state index is 0.625. The Hall–Kier alpha value is 0.100. The van der Waals surface area contributed by atoms with Crippen LogP contribution in [0.2, 0.25) is 0 Å². The third-order valence-corrected chi connectivity index (χ3v) is 3.06. The monoisotopic (exact) mass is 178 g/mol. The Morgan fingerprint density at radius 1 is 1.00 bits per heavy atom. The van der Waals surface area contributed by atoms with E-state index in [9.17, 15) is 0 Å². The zero-order valence-corrected chi connectivity index (χ0v) is 7.07. The van der Waals surface area contributed by atoms with Gasteiger partial charge in [-0.3, -0.25) is 0 Å². The number of hydrogen-bond donors (Lipinski definition) is 2. The Morgan fingerprint density at radius 3 is 1.50 bits per heavy atom. The summed E-state index contributed by atoms with van der Waals surface area (Å²) in [4.78, 5) is 0. The molecule has 2 atom stereocenters. The first-order valence-corrected chi connectivity index (χ1v) is 4.91. The molecular weight excluding hydrogens is 168 g/mol. The molecule has 0 amide bonds. The molecule has 4 heteroatoms. The Kier molecular flexibility index (Phi) is 5.91. The van der Waals surface area contributed by atoms with Crippen LogP contribution in [0.4, 0.5) is 0 Å². The maximum absolute atomic E-state index is 8.88. The van der Waals surface area contributed by atoms with Gasteiger partial charge in [-0.2, -0.15) is 0 Å². The van der Waals surface area contributed by atoms with Crippen LogP contribution < -0.4 is 0 Å². The smallest absolute Gasteiger partial charge is 0.128 e. The van der Waals surface area contributed by atoms with E-state index < -0.39 is 10.9 Å². The van der Waals surface area contributed by atoms with Crippen LogP contribution in [0, 0.1) is 0 Å². The molecule has 0 saturated carbocycles. The van der Waals surface area contributed by atoms with Gasteiger partial charge in [0.05, 0.1) is 0 Å². The Morgan fingerprint density at radius 2 is 1.30 bits per heavy atom. The van der Waals surface area contributed by atoms with Crippen LogP contribution in [-0.4, -0.2) is 21.1 Å². The molecule has 2 unspecified atom stereocenters. The summed E-state index contributed by atoms with van der Waals surface area (Å²) in [5.41, 5.74) is -1.25. The highest BCUT2D eigenvalue weighted by molar-refractivity contribution is 8.77. The van der Waals surface area contributed by atoms with Gasteiger partial charge < -0.3 is 10.2 Å². The number of aliphatic hydroxyl groups is 2. The molecule has 0 aromatic heterocycles. The van der Waals surface area contributed by atoms with E-state index in [1.54, 1.807) is 0 Å². The van der Waals surface area contributed by atoms with Crippen molar-refractivity contribution >= 4 is 21.6 Å². The highest BCUT2D eigenvalue weighted by atomic mass is 33.1. The average molecular weight is 178 g/mol. The lowest BCUT2D eigenvalue weighted by Crippen LogP contribution is -1.96. The molecule has 0 radical (unpaired) electrons. The van der Waals surface area contributed by atoms with Gasteiger partial charge in [-0.1, -0.05) is 46.9 Å². The van der Waals surface area contributed by atoms with Crippen LogP contribution >= 0.6 is 21.6 Å². The molecule has 0 aromatic carbocycles. The van der Waals surface area contributed by atoms with E-state index in [0.29, 0.717) is 0 Å².